The van der Waals surface area contributed by atoms with Gasteiger partial charge in [0, 0.05) is 0 Å². The molecule has 0 heterocycles. The van der Waals surface area contributed by atoms with Gasteiger partial charge < -0.3 is 10.1 Å². The molecule has 2 aromatic rings. The highest BCUT2D eigenvalue weighted by atomic mass is 79.9. The summed E-state index contributed by atoms with van der Waals surface area (Å²) < 4.78 is 6.43. The number of halogens is 1. The Bertz CT molecular complexity index is 628. The first kappa shape index (κ1) is 16.6. The van der Waals surface area contributed by atoms with E-state index in [1.807, 2.05) is 55.5 Å². The molecule has 0 fully saturated rings. The Balaban J connectivity index is 1.92. The van der Waals surface area contributed by atoms with E-state index in [9.17, 15) is 4.79 Å². The van der Waals surface area contributed by atoms with Crippen LogP contribution in [0.2, 0.25) is 0 Å². The molecule has 0 aliphatic rings. The molecule has 0 spiro atoms. The van der Waals surface area contributed by atoms with Crippen LogP contribution in [0.3, 0.4) is 0 Å². The van der Waals surface area contributed by atoms with Crippen molar-refractivity contribution >= 4 is 21.8 Å². The lowest BCUT2D eigenvalue weighted by Crippen LogP contribution is -2.32. The van der Waals surface area contributed by atoms with Crippen LogP contribution < -0.4 is 10.1 Å². The lowest BCUT2D eigenvalue weighted by atomic mass is 10.0. The standard InChI is InChI=1S/C18H20BrNO2/c1-3-16(14-7-5-4-6-8-14)20-18(21)12-22-17-10-9-13(2)11-15(17)19/h4-11,16H,3,12H2,1-2H3,(H,20,21). The van der Waals surface area contributed by atoms with Crippen LogP contribution in [-0.4, -0.2) is 12.5 Å². The van der Waals surface area contributed by atoms with Gasteiger partial charge in [0.25, 0.3) is 5.91 Å². The van der Waals surface area contributed by atoms with Crippen LogP contribution in [0.1, 0.15) is 30.5 Å². The van der Waals surface area contributed by atoms with Gasteiger partial charge in [-0.3, -0.25) is 4.79 Å². The van der Waals surface area contributed by atoms with Gasteiger partial charge in [0.2, 0.25) is 0 Å². The third-order valence-electron chi connectivity index (χ3n) is 3.39. The first-order chi connectivity index (χ1) is 10.6. The summed E-state index contributed by atoms with van der Waals surface area (Å²) in [6.07, 6.45) is 0.837. The molecule has 1 N–H and O–H groups in total. The molecule has 0 saturated heterocycles. The predicted octanol–water partition coefficient (Wildman–Crippen LogP) is 4.40. The number of hydrogen-bond acceptors (Lipinski definition) is 2. The van der Waals surface area contributed by atoms with E-state index in [-0.39, 0.29) is 18.6 Å². The van der Waals surface area contributed by atoms with Gasteiger partial charge in [0.1, 0.15) is 5.75 Å². The number of ether oxygens (including phenoxy) is 1. The number of aryl methyl sites for hydroxylation is 1. The van der Waals surface area contributed by atoms with Gasteiger partial charge in [-0.2, -0.15) is 0 Å². The van der Waals surface area contributed by atoms with Gasteiger partial charge in [-0.1, -0.05) is 43.3 Å². The van der Waals surface area contributed by atoms with Crippen molar-refractivity contribution in [2.45, 2.75) is 26.3 Å². The minimum absolute atomic E-state index is 0.00495. The van der Waals surface area contributed by atoms with E-state index in [4.69, 9.17) is 4.74 Å². The third kappa shape index (κ3) is 4.60. The maximum atomic E-state index is 12.1. The smallest absolute Gasteiger partial charge is 0.258 e. The Labute approximate surface area is 139 Å². The van der Waals surface area contributed by atoms with E-state index >= 15 is 0 Å². The molecule has 1 amide bonds. The monoisotopic (exact) mass is 361 g/mol. The molecule has 1 unspecified atom stereocenters. The van der Waals surface area contributed by atoms with E-state index in [1.165, 1.54) is 0 Å². The van der Waals surface area contributed by atoms with Crippen molar-refractivity contribution in [2.75, 3.05) is 6.61 Å². The molecule has 0 aromatic heterocycles. The predicted molar refractivity (Wildman–Crippen MR) is 92.0 cm³/mol. The minimum Gasteiger partial charge on any atom is -0.483 e. The van der Waals surface area contributed by atoms with Crippen LogP contribution in [0.25, 0.3) is 0 Å². The van der Waals surface area contributed by atoms with E-state index in [0.717, 1.165) is 22.0 Å². The molecular weight excluding hydrogens is 342 g/mol. The van der Waals surface area contributed by atoms with Gasteiger partial charge in [-0.25, -0.2) is 0 Å². The second-order valence-electron chi connectivity index (χ2n) is 5.16. The van der Waals surface area contributed by atoms with Crippen LogP contribution in [0.15, 0.2) is 53.0 Å². The fourth-order valence-electron chi connectivity index (χ4n) is 2.21. The van der Waals surface area contributed by atoms with Gasteiger partial charge in [-0.15, -0.1) is 0 Å². The number of carbonyl (C=O) groups excluding carboxylic acids is 1. The molecule has 22 heavy (non-hydrogen) atoms. The maximum Gasteiger partial charge on any atom is 0.258 e. The highest BCUT2D eigenvalue weighted by molar-refractivity contribution is 9.10. The number of amides is 1. The number of benzene rings is 2. The minimum atomic E-state index is -0.122. The van der Waals surface area contributed by atoms with Crippen molar-refractivity contribution < 1.29 is 9.53 Å². The molecule has 0 radical (unpaired) electrons. The quantitative estimate of drug-likeness (QED) is 0.827. The zero-order chi connectivity index (χ0) is 15.9. The molecule has 1 atom stereocenters. The Morgan fingerprint density at radius 3 is 2.59 bits per heavy atom. The fourth-order valence-corrected chi connectivity index (χ4v) is 2.82. The lowest BCUT2D eigenvalue weighted by molar-refractivity contribution is -0.123. The first-order valence-electron chi connectivity index (χ1n) is 7.33. The summed E-state index contributed by atoms with van der Waals surface area (Å²) in [7, 11) is 0. The Hall–Kier alpha value is -1.81. The summed E-state index contributed by atoms with van der Waals surface area (Å²) in [6.45, 7) is 4.06. The average molecular weight is 362 g/mol. The lowest BCUT2D eigenvalue weighted by Gasteiger charge is -2.18. The summed E-state index contributed by atoms with van der Waals surface area (Å²) in [6, 6.07) is 15.8. The van der Waals surface area contributed by atoms with Gasteiger partial charge in [0.05, 0.1) is 10.5 Å². The zero-order valence-corrected chi connectivity index (χ0v) is 14.4. The molecule has 116 valence electrons. The Morgan fingerprint density at radius 1 is 1.23 bits per heavy atom. The summed E-state index contributed by atoms with van der Waals surface area (Å²) in [5, 5.41) is 3.00. The molecule has 2 aromatic carbocycles. The van der Waals surface area contributed by atoms with Crippen LogP contribution in [0.5, 0.6) is 5.75 Å². The molecule has 0 aliphatic carbocycles. The van der Waals surface area contributed by atoms with Crippen molar-refractivity contribution in [1.29, 1.82) is 0 Å². The second kappa shape index (κ2) is 7.99. The third-order valence-corrected chi connectivity index (χ3v) is 4.01. The second-order valence-corrected chi connectivity index (χ2v) is 6.02. The van der Waals surface area contributed by atoms with Crippen LogP contribution in [0.4, 0.5) is 0 Å². The highest BCUT2D eigenvalue weighted by Gasteiger charge is 2.13. The van der Waals surface area contributed by atoms with Crippen molar-refractivity contribution in [2.24, 2.45) is 0 Å². The average Bonchev–Trinajstić information content (AvgIpc) is 2.52. The summed E-state index contributed by atoms with van der Waals surface area (Å²) >= 11 is 3.44. The largest absolute Gasteiger partial charge is 0.483 e. The Morgan fingerprint density at radius 2 is 1.95 bits per heavy atom. The van der Waals surface area contributed by atoms with Crippen molar-refractivity contribution in [3.05, 3.63) is 64.1 Å². The SMILES string of the molecule is CCC(NC(=O)COc1ccc(C)cc1Br)c1ccccc1. The first-order valence-corrected chi connectivity index (χ1v) is 8.12. The number of rotatable bonds is 6. The molecule has 4 heteroatoms. The number of hydrogen-bond donors (Lipinski definition) is 1. The number of nitrogens with one attached hydrogen (secondary N) is 1. The van der Waals surface area contributed by atoms with E-state index in [2.05, 4.69) is 28.2 Å². The molecule has 3 nitrogen and oxygen atoms in total. The van der Waals surface area contributed by atoms with Crippen molar-refractivity contribution in [3.8, 4) is 5.75 Å². The highest BCUT2D eigenvalue weighted by Crippen LogP contribution is 2.25. The zero-order valence-electron chi connectivity index (χ0n) is 12.8. The van der Waals surface area contributed by atoms with Crippen LogP contribution in [0, 0.1) is 6.92 Å². The van der Waals surface area contributed by atoms with Crippen LogP contribution in [-0.2, 0) is 4.79 Å². The molecule has 0 bridgehead atoms. The normalized spacial score (nSPS) is 11.8. The van der Waals surface area contributed by atoms with E-state index in [0.29, 0.717) is 5.75 Å². The summed E-state index contributed by atoms with van der Waals surface area (Å²) in [5.74, 6) is 0.552. The van der Waals surface area contributed by atoms with Gasteiger partial charge in [-0.05, 0) is 52.5 Å². The Kier molecular flexibility index (Phi) is 6.01. The summed E-state index contributed by atoms with van der Waals surface area (Å²) in [5.41, 5.74) is 2.24. The van der Waals surface area contributed by atoms with Gasteiger partial charge in [0.15, 0.2) is 6.61 Å². The molecule has 0 aliphatic heterocycles. The maximum absolute atomic E-state index is 12.1. The number of carbonyl (C=O) groups is 1. The van der Waals surface area contributed by atoms with Crippen LogP contribution >= 0.6 is 15.9 Å². The molecule has 2 rings (SSSR count). The molecule has 0 saturated carbocycles. The topological polar surface area (TPSA) is 38.3 Å². The van der Waals surface area contributed by atoms with Crippen molar-refractivity contribution in [1.82, 2.24) is 5.32 Å². The van der Waals surface area contributed by atoms with E-state index < -0.39 is 0 Å². The van der Waals surface area contributed by atoms with Crippen molar-refractivity contribution in [3.63, 3.8) is 0 Å². The van der Waals surface area contributed by atoms with E-state index in [1.54, 1.807) is 0 Å². The van der Waals surface area contributed by atoms with Gasteiger partial charge >= 0.3 is 0 Å². The molecular formula is C18H20BrNO2. The fraction of sp³-hybridized carbons (Fsp3) is 0.278. The summed E-state index contributed by atoms with van der Waals surface area (Å²) in [4.78, 5) is 12.1.